The maximum atomic E-state index is 12.4. The zero-order chi connectivity index (χ0) is 17.3. The van der Waals surface area contributed by atoms with Crippen LogP contribution in [0.15, 0.2) is 41.0 Å². The quantitative estimate of drug-likeness (QED) is 0.717. The number of anilines is 1. The van der Waals surface area contributed by atoms with E-state index in [1.807, 2.05) is 31.2 Å². The third-order valence-electron chi connectivity index (χ3n) is 3.47. The molecule has 1 aromatic carbocycles. The lowest BCUT2D eigenvalue weighted by molar-refractivity contribution is 0.101. The largest absolute Gasteiger partial charge is 0.303 e. The highest BCUT2D eigenvalue weighted by atomic mass is 79.9. The van der Waals surface area contributed by atoms with Gasteiger partial charge in [0.05, 0.1) is 16.7 Å². The Hall–Kier alpha value is -2.12. The van der Waals surface area contributed by atoms with Crippen LogP contribution in [0.3, 0.4) is 0 Å². The van der Waals surface area contributed by atoms with Gasteiger partial charge in [0.2, 0.25) is 0 Å². The van der Waals surface area contributed by atoms with E-state index in [0.29, 0.717) is 27.6 Å². The smallest absolute Gasteiger partial charge is 0.275 e. The third kappa shape index (κ3) is 3.52. The molecule has 8 heteroatoms. The van der Waals surface area contributed by atoms with Gasteiger partial charge in [-0.05, 0) is 40.5 Å². The molecule has 0 aliphatic rings. The molecule has 1 amide bonds. The maximum Gasteiger partial charge on any atom is 0.275 e. The lowest BCUT2D eigenvalue weighted by atomic mass is 10.2. The Labute approximate surface area is 152 Å². The number of aromatic nitrogens is 4. The van der Waals surface area contributed by atoms with Crippen LogP contribution in [0.4, 0.5) is 5.82 Å². The molecular weight excluding hydrogens is 394 g/mol. The van der Waals surface area contributed by atoms with Crippen molar-refractivity contribution in [3.63, 3.8) is 0 Å². The van der Waals surface area contributed by atoms with E-state index >= 15 is 0 Å². The number of amides is 1. The van der Waals surface area contributed by atoms with Crippen LogP contribution in [0.2, 0.25) is 5.02 Å². The first kappa shape index (κ1) is 16.7. The maximum absolute atomic E-state index is 12.4. The van der Waals surface area contributed by atoms with Crippen LogP contribution in [0.5, 0.6) is 0 Å². The number of hydrogen-bond donors (Lipinski definition) is 1. The molecular formula is C16H15BrClN5O. The molecule has 0 fully saturated rings. The van der Waals surface area contributed by atoms with Crippen LogP contribution in [-0.4, -0.2) is 25.5 Å². The molecule has 0 saturated carbocycles. The Morgan fingerprint density at radius 2 is 2.08 bits per heavy atom. The molecule has 0 aliphatic heterocycles. The van der Waals surface area contributed by atoms with Crippen molar-refractivity contribution >= 4 is 39.3 Å². The average Bonchev–Trinajstić information content (AvgIpc) is 3.04. The molecule has 0 spiro atoms. The van der Waals surface area contributed by atoms with Crippen molar-refractivity contribution < 1.29 is 4.79 Å². The highest BCUT2D eigenvalue weighted by Gasteiger charge is 2.16. The number of nitrogens with zero attached hydrogens (tertiary/aromatic N) is 4. The summed E-state index contributed by atoms with van der Waals surface area (Å²) >= 11 is 9.59. The predicted octanol–water partition coefficient (Wildman–Crippen LogP) is 3.64. The van der Waals surface area contributed by atoms with E-state index in [-0.39, 0.29) is 5.91 Å². The molecule has 0 saturated heterocycles. The lowest BCUT2D eigenvalue weighted by Crippen LogP contribution is -2.17. The summed E-state index contributed by atoms with van der Waals surface area (Å²) in [5, 5.41) is 12.0. The first-order valence-electron chi connectivity index (χ1n) is 7.22. The molecule has 1 N–H and O–H groups in total. The molecule has 3 aromatic rings. The van der Waals surface area contributed by atoms with E-state index < -0.39 is 0 Å². The number of benzene rings is 1. The van der Waals surface area contributed by atoms with Crippen LogP contribution in [-0.2, 0) is 13.6 Å². The number of aryl methyl sites for hydroxylation is 2. The van der Waals surface area contributed by atoms with Crippen LogP contribution >= 0.6 is 27.5 Å². The monoisotopic (exact) mass is 407 g/mol. The summed E-state index contributed by atoms with van der Waals surface area (Å²) in [6.45, 7) is 2.35. The van der Waals surface area contributed by atoms with E-state index in [4.69, 9.17) is 11.6 Å². The molecule has 2 aromatic heterocycles. The zero-order valence-electron chi connectivity index (χ0n) is 13.1. The average molecular weight is 409 g/mol. The van der Waals surface area contributed by atoms with Gasteiger partial charge >= 0.3 is 0 Å². The topological polar surface area (TPSA) is 64.7 Å². The van der Waals surface area contributed by atoms with Crippen LogP contribution in [0.25, 0.3) is 0 Å². The lowest BCUT2D eigenvalue weighted by Gasteiger charge is -2.04. The number of halogens is 2. The van der Waals surface area contributed by atoms with Gasteiger partial charge in [-0.2, -0.15) is 10.2 Å². The van der Waals surface area contributed by atoms with Crippen molar-refractivity contribution in [2.24, 2.45) is 7.05 Å². The van der Waals surface area contributed by atoms with Gasteiger partial charge in [-0.1, -0.05) is 29.8 Å². The van der Waals surface area contributed by atoms with Crippen LogP contribution in [0.1, 0.15) is 21.7 Å². The number of carbonyl (C=O) groups is 1. The van der Waals surface area contributed by atoms with E-state index in [9.17, 15) is 4.79 Å². The molecule has 2 heterocycles. The molecule has 3 rings (SSSR count). The second kappa shape index (κ2) is 6.78. The van der Waals surface area contributed by atoms with Crippen molar-refractivity contribution in [3.8, 4) is 0 Å². The Morgan fingerprint density at radius 1 is 1.33 bits per heavy atom. The van der Waals surface area contributed by atoms with E-state index in [1.165, 1.54) is 0 Å². The highest BCUT2D eigenvalue weighted by molar-refractivity contribution is 9.10. The normalized spacial score (nSPS) is 10.8. The fraction of sp³-hybridized carbons (Fsp3) is 0.188. The summed E-state index contributed by atoms with van der Waals surface area (Å²) in [6.07, 6.45) is 1.80. The highest BCUT2D eigenvalue weighted by Crippen LogP contribution is 2.23. The van der Waals surface area contributed by atoms with Gasteiger partial charge < -0.3 is 5.32 Å². The molecule has 0 bridgehead atoms. The molecule has 124 valence electrons. The van der Waals surface area contributed by atoms with Crippen molar-refractivity contribution in [2.45, 2.75) is 13.5 Å². The number of hydrogen-bond acceptors (Lipinski definition) is 3. The summed E-state index contributed by atoms with van der Waals surface area (Å²) in [4.78, 5) is 12.4. The molecule has 0 radical (unpaired) electrons. The molecule has 0 atom stereocenters. The van der Waals surface area contributed by atoms with Crippen molar-refractivity contribution in [2.75, 3.05) is 5.32 Å². The molecule has 24 heavy (non-hydrogen) atoms. The SMILES string of the molecule is Cc1cc(C(=O)Nc2nn(Cc3ccccc3Cl)cc2Br)n(C)n1. The Morgan fingerprint density at radius 3 is 2.75 bits per heavy atom. The van der Waals surface area contributed by atoms with Crippen molar-refractivity contribution in [3.05, 3.63) is 63.0 Å². The Kier molecular flexibility index (Phi) is 4.73. The van der Waals surface area contributed by atoms with E-state index in [1.54, 1.807) is 28.7 Å². The van der Waals surface area contributed by atoms with Gasteiger partial charge in [0.1, 0.15) is 5.69 Å². The molecule has 0 aliphatic carbocycles. The summed E-state index contributed by atoms with van der Waals surface area (Å²) in [7, 11) is 1.73. The second-order valence-electron chi connectivity index (χ2n) is 5.36. The van der Waals surface area contributed by atoms with Gasteiger partial charge in [-0.3, -0.25) is 14.2 Å². The minimum absolute atomic E-state index is 0.262. The summed E-state index contributed by atoms with van der Waals surface area (Å²) < 4.78 is 3.95. The minimum atomic E-state index is -0.262. The first-order chi connectivity index (χ1) is 11.4. The predicted molar refractivity (Wildman–Crippen MR) is 96.4 cm³/mol. The van der Waals surface area contributed by atoms with Crippen LogP contribution in [0, 0.1) is 6.92 Å². The molecule has 6 nitrogen and oxygen atoms in total. The van der Waals surface area contributed by atoms with Gasteiger partial charge in [0.25, 0.3) is 5.91 Å². The van der Waals surface area contributed by atoms with Crippen LogP contribution < -0.4 is 5.32 Å². The van der Waals surface area contributed by atoms with Gasteiger partial charge in [0.15, 0.2) is 5.82 Å². The zero-order valence-corrected chi connectivity index (χ0v) is 15.5. The van der Waals surface area contributed by atoms with E-state index in [2.05, 4.69) is 31.4 Å². The minimum Gasteiger partial charge on any atom is -0.303 e. The number of nitrogens with one attached hydrogen (secondary N) is 1. The van der Waals surface area contributed by atoms with Gasteiger partial charge in [-0.15, -0.1) is 0 Å². The standard InChI is InChI=1S/C16H15BrClN5O/c1-10-7-14(22(2)20-10)16(24)19-15-12(17)9-23(21-15)8-11-5-3-4-6-13(11)18/h3-7,9H,8H2,1-2H3,(H,19,21,24). The first-order valence-corrected chi connectivity index (χ1v) is 8.39. The van der Waals surface area contributed by atoms with Gasteiger partial charge in [0, 0.05) is 18.3 Å². The summed E-state index contributed by atoms with van der Waals surface area (Å²) in [5.41, 5.74) is 2.21. The Balaban J connectivity index is 1.78. The fourth-order valence-corrected chi connectivity index (χ4v) is 2.97. The third-order valence-corrected chi connectivity index (χ3v) is 4.42. The van der Waals surface area contributed by atoms with Crippen molar-refractivity contribution in [1.82, 2.24) is 19.6 Å². The summed E-state index contributed by atoms with van der Waals surface area (Å²) in [6, 6.07) is 9.31. The van der Waals surface area contributed by atoms with E-state index in [0.717, 1.165) is 11.3 Å². The van der Waals surface area contributed by atoms with Gasteiger partial charge in [-0.25, -0.2) is 0 Å². The Bertz CT molecular complexity index is 902. The molecule has 0 unspecified atom stereocenters. The second-order valence-corrected chi connectivity index (χ2v) is 6.62. The fourth-order valence-electron chi connectivity index (χ4n) is 2.36. The van der Waals surface area contributed by atoms with Crippen molar-refractivity contribution in [1.29, 1.82) is 0 Å². The summed E-state index contributed by atoms with van der Waals surface area (Å²) in [5.74, 6) is 0.188. The number of carbonyl (C=O) groups excluding carboxylic acids is 1. The number of rotatable bonds is 4.